The Morgan fingerprint density at radius 2 is 2.11 bits per heavy atom. The first kappa shape index (κ1) is 15.0. The van der Waals surface area contributed by atoms with E-state index in [1.807, 2.05) is 24.3 Å². The van der Waals surface area contributed by atoms with Crippen molar-refractivity contribution in [2.75, 3.05) is 7.11 Å². The highest BCUT2D eigenvalue weighted by molar-refractivity contribution is 9.11. The summed E-state index contributed by atoms with van der Waals surface area (Å²) in [6.07, 6.45) is 0.832. The summed E-state index contributed by atoms with van der Waals surface area (Å²) in [6.45, 7) is 0. The van der Waals surface area contributed by atoms with Gasteiger partial charge in [0.2, 0.25) is 0 Å². The first-order valence-corrected chi connectivity index (χ1v) is 8.08. The minimum absolute atomic E-state index is 0.0371. The van der Waals surface area contributed by atoms with E-state index in [1.54, 1.807) is 18.4 Å². The van der Waals surface area contributed by atoms with E-state index in [9.17, 15) is 0 Å². The van der Waals surface area contributed by atoms with Crippen molar-refractivity contribution >= 4 is 43.2 Å². The smallest absolute Gasteiger partial charge is 0.119 e. The van der Waals surface area contributed by atoms with Crippen molar-refractivity contribution in [2.45, 2.75) is 12.5 Å². The van der Waals surface area contributed by atoms with Crippen molar-refractivity contribution in [1.29, 1.82) is 0 Å². The van der Waals surface area contributed by atoms with E-state index in [2.05, 4.69) is 43.4 Å². The van der Waals surface area contributed by atoms with Gasteiger partial charge in [-0.25, -0.2) is 0 Å². The maximum atomic E-state index is 5.70. The Bertz CT molecular complexity index is 559. The van der Waals surface area contributed by atoms with E-state index in [4.69, 9.17) is 10.6 Å². The zero-order chi connectivity index (χ0) is 13.8. The first-order valence-electron chi connectivity index (χ1n) is 5.68. The number of halogens is 2. The molecule has 0 aliphatic heterocycles. The van der Waals surface area contributed by atoms with Gasteiger partial charge >= 0.3 is 0 Å². The molecule has 1 aromatic carbocycles. The van der Waals surface area contributed by atoms with Crippen LogP contribution < -0.4 is 16.0 Å². The predicted molar refractivity (Wildman–Crippen MR) is 86.5 cm³/mol. The molecule has 0 aliphatic rings. The highest BCUT2D eigenvalue weighted by atomic mass is 79.9. The first-order chi connectivity index (χ1) is 9.13. The molecule has 6 heteroatoms. The lowest BCUT2D eigenvalue weighted by molar-refractivity contribution is 0.412. The zero-order valence-electron chi connectivity index (χ0n) is 10.3. The Hall–Kier alpha value is -0.400. The number of ether oxygens (including phenoxy) is 1. The molecule has 1 heterocycles. The average Bonchev–Trinajstić information content (AvgIpc) is 2.82. The van der Waals surface area contributed by atoms with Gasteiger partial charge in [-0.2, -0.15) is 0 Å². The van der Waals surface area contributed by atoms with Crippen LogP contribution in [0.5, 0.6) is 5.75 Å². The number of benzene rings is 1. The second-order valence-electron chi connectivity index (χ2n) is 4.02. The zero-order valence-corrected chi connectivity index (χ0v) is 14.3. The molecule has 1 atom stereocenters. The number of nitrogens with two attached hydrogens (primary N) is 1. The summed E-state index contributed by atoms with van der Waals surface area (Å²) in [5, 5.41) is 0. The van der Waals surface area contributed by atoms with Gasteiger partial charge in [0.05, 0.1) is 16.9 Å². The molecule has 3 nitrogen and oxygen atoms in total. The molecule has 1 aromatic heterocycles. The summed E-state index contributed by atoms with van der Waals surface area (Å²) in [5.74, 6) is 6.53. The normalized spacial score (nSPS) is 12.4. The summed E-state index contributed by atoms with van der Waals surface area (Å²) in [4.78, 5) is 1.27. The molecule has 102 valence electrons. The molecule has 3 N–H and O–H groups in total. The molecule has 0 fully saturated rings. The number of hydrazine groups is 1. The molecule has 0 radical (unpaired) electrons. The molecule has 2 rings (SSSR count). The molecule has 0 amide bonds. The molecule has 19 heavy (non-hydrogen) atoms. The third-order valence-electron chi connectivity index (χ3n) is 2.81. The number of nitrogens with one attached hydrogen (secondary N) is 1. The monoisotopic (exact) mass is 404 g/mol. The van der Waals surface area contributed by atoms with Gasteiger partial charge in [0.25, 0.3) is 0 Å². The quantitative estimate of drug-likeness (QED) is 0.583. The van der Waals surface area contributed by atoms with Crippen LogP contribution in [0.4, 0.5) is 0 Å². The van der Waals surface area contributed by atoms with Crippen molar-refractivity contribution < 1.29 is 4.74 Å². The third-order valence-corrected chi connectivity index (χ3v) is 5.18. The van der Waals surface area contributed by atoms with Gasteiger partial charge in [0, 0.05) is 15.8 Å². The maximum absolute atomic E-state index is 5.70. The maximum Gasteiger partial charge on any atom is 0.119 e. The number of methoxy groups -OCH3 is 1. The second kappa shape index (κ2) is 6.85. The second-order valence-corrected chi connectivity index (χ2v) is 7.42. The highest BCUT2D eigenvalue weighted by Gasteiger charge is 2.15. The summed E-state index contributed by atoms with van der Waals surface area (Å²) in [5.41, 5.74) is 3.96. The van der Waals surface area contributed by atoms with Crippen LogP contribution >= 0.6 is 43.2 Å². The van der Waals surface area contributed by atoms with Crippen LogP contribution in [0.25, 0.3) is 0 Å². The number of rotatable bonds is 5. The summed E-state index contributed by atoms with van der Waals surface area (Å²) < 4.78 is 7.41. The van der Waals surface area contributed by atoms with Crippen LogP contribution in [-0.4, -0.2) is 7.11 Å². The van der Waals surface area contributed by atoms with E-state index in [0.717, 1.165) is 26.0 Å². The number of hydrogen-bond donors (Lipinski definition) is 2. The Balaban J connectivity index is 2.26. The van der Waals surface area contributed by atoms with Crippen LogP contribution in [0.1, 0.15) is 16.5 Å². The molecule has 2 aromatic rings. The van der Waals surface area contributed by atoms with Crippen LogP contribution in [0.2, 0.25) is 0 Å². The number of thiophene rings is 1. The van der Waals surface area contributed by atoms with Crippen molar-refractivity contribution in [1.82, 2.24) is 5.43 Å². The van der Waals surface area contributed by atoms with Crippen LogP contribution in [0.3, 0.4) is 0 Å². The van der Waals surface area contributed by atoms with E-state index >= 15 is 0 Å². The Labute approximate surface area is 133 Å². The van der Waals surface area contributed by atoms with E-state index in [0.29, 0.717) is 0 Å². The van der Waals surface area contributed by atoms with E-state index in [1.165, 1.54) is 4.88 Å². The van der Waals surface area contributed by atoms with E-state index in [-0.39, 0.29) is 6.04 Å². The molecule has 0 aliphatic carbocycles. The summed E-state index contributed by atoms with van der Waals surface area (Å²) in [6, 6.07) is 10.1. The highest BCUT2D eigenvalue weighted by Crippen LogP contribution is 2.31. The van der Waals surface area contributed by atoms with Gasteiger partial charge < -0.3 is 4.74 Å². The van der Waals surface area contributed by atoms with Crippen LogP contribution in [-0.2, 0) is 6.42 Å². The Morgan fingerprint density at radius 3 is 2.68 bits per heavy atom. The standard InChI is InChI=1S/C13H14Br2N2OS/c1-18-8-2-4-11(14)10(6-8)12(17-16)7-9-3-5-13(15)19-9/h2-6,12,17H,7,16H2,1H3. The lowest BCUT2D eigenvalue weighted by Gasteiger charge is -2.18. The summed E-state index contributed by atoms with van der Waals surface area (Å²) >= 11 is 8.75. The molecule has 0 bridgehead atoms. The topological polar surface area (TPSA) is 47.3 Å². The van der Waals surface area contributed by atoms with Gasteiger partial charge in [-0.05, 0) is 51.8 Å². The molecular formula is C13H14Br2N2OS. The molecule has 0 spiro atoms. The Kier molecular flexibility index (Phi) is 5.41. The third kappa shape index (κ3) is 3.79. The fourth-order valence-corrected chi connectivity index (χ4v) is 3.89. The van der Waals surface area contributed by atoms with Gasteiger partial charge in [0.15, 0.2) is 0 Å². The fraction of sp³-hybridized carbons (Fsp3) is 0.231. The predicted octanol–water partition coefficient (Wildman–Crippen LogP) is 4.03. The van der Waals surface area contributed by atoms with Crippen LogP contribution in [0.15, 0.2) is 38.6 Å². The lowest BCUT2D eigenvalue weighted by atomic mass is 10.0. The molecular weight excluding hydrogens is 392 g/mol. The van der Waals surface area contributed by atoms with E-state index < -0.39 is 0 Å². The van der Waals surface area contributed by atoms with Gasteiger partial charge in [-0.15, -0.1) is 11.3 Å². The molecule has 1 unspecified atom stereocenters. The molecule has 0 saturated carbocycles. The largest absolute Gasteiger partial charge is 0.497 e. The fourth-order valence-electron chi connectivity index (χ4n) is 1.84. The molecule has 0 saturated heterocycles. The summed E-state index contributed by atoms with van der Waals surface area (Å²) in [7, 11) is 1.66. The van der Waals surface area contributed by atoms with Crippen molar-refractivity contribution in [2.24, 2.45) is 5.84 Å². The lowest BCUT2D eigenvalue weighted by Crippen LogP contribution is -2.29. The van der Waals surface area contributed by atoms with Crippen molar-refractivity contribution in [3.05, 3.63) is 49.0 Å². The van der Waals surface area contributed by atoms with Gasteiger partial charge in [-0.3, -0.25) is 11.3 Å². The minimum atomic E-state index is 0.0371. The van der Waals surface area contributed by atoms with Crippen LogP contribution in [0, 0.1) is 0 Å². The van der Waals surface area contributed by atoms with Gasteiger partial charge in [0.1, 0.15) is 5.75 Å². The number of hydrogen-bond acceptors (Lipinski definition) is 4. The Morgan fingerprint density at radius 1 is 1.32 bits per heavy atom. The average molecular weight is 406 g/mol. The van der Waals surface area contributed by atoms with Crippen molar-refractivity contribution in [3.63, 3.8) is 0 Å². The van der Waals surface area contributed by atoms with Crippen molar-refractivity contribution in [3.8, 4) is 5.75 Å². The SMILES string of the molecule is COc1ccc(Br)c(C(Cc2ccc(Br)s2)NN)c1. The van der Waals surface area contributed by atoms with Gasteiger partial charge in [-0.1, -0.05) is 15.9 Å². The minimum Gasteiger partial charge on any atom is -0.497 e.